The van der Waals surface area contributed by atoms with E-state index in [0.29, 0.717) is 18.0 Å². The number of azide groups is 1. The first-order valence-corrected chi connectivity index (χ1v) is 5.29. The van der Waals surface area contributed by atoms with Crippen molar-refractivity contribution >= 4 is 17.7 Å². The summed E-state index contributed by atoms with van der Waals surface area (Å²) in [7, 11) is 1.48. The average molecular weight is 247 g/mol. The fourth-order valence-corrected chi connectivity index (χ4v) is 1.28. The van der Waals surface area contributed by atoms with E-state index in [1.165, 1.54) is 13.2 Å². The maximum atomic E-state index is 11.1. The van der Waals surface area contributed by atoms with Gasteiger partial charge in [-0.15, -0.1) is 0 Å². The van der Waals surface area contributed by atoms with Gasteiger partial charge in [0.2, 0.25) is 0 Å². The molecule has 1 aromatic rings. The Hall–Kier alpha value is -2.46. The Labute approximate surface area is 104 Å². The van der Waals surface area contributed by atoms with Gasteiger partial charge < -0.3 is 9.47 Å². The zero-order chi connectivity index (χ0) is 13.4. The van der Waals surface area contributed by atoms with Crippen LogP contribution in [-0.2, 0) is 9.53 Å². The van der Waals surface area contributed by atoms with Gasteiger partial charge in [0.05, 0.1) is 19.4 Å². The summed E-state index contributed by atoms with van der Waals surface area (Å²) in [5.74, 6) is 0.0365. The third-order valence-corrected chi connectivity index (χ3v) is 2.05. The molecule has 0 fully saturated rings. The van der Waals surface area contributed by atoms with E-state index in [1.54, 1.807) is 31.2 Å². The smallest absolute Gasteiger partial charge is 0.330 e. The normalized spacial score (nSPS) is 9.89. The van der Waals surface area contributed by atoms with Crippen LogP contribution in [0.2, 0.25) is 0 Å². The maximum Gasteiger partial charge on any atom is 0.330 e. The van der Waals surface area contributed by atoms with E-state index in [9.17, 15) is 4.79 Å². The number of hydrogen-bond donors (Lipinski definition) is 0. The van der Waals surface area contributed by atoms with Gasteiger partial charge in [0.15, 0.2) is 0 Å². The Kier molecular flexibility index (Phi) is 5.28. The second-order valence-electron chi connectivity index (χ2n) is 3.21. The molecule has 0 saturated carbocycles. The van der Waals surface area contributed by atoms with Crippen LogP contribution in [0, 0.1) is 0 Å². The monoisotopic (exact) mass is 247 g/mol. The molecule has 18 heavy (non-hydrogen) atoms. The number of rotatable bonds is 5. The molecule has 0 saturated heterocycles. The van der Waals surface area contributed by atoms with Gasteiger partial charge in [0, 0.05) is 11.0 Å². The number of benzene rings is 1. The molecule has 0 spiro atoms. The molecule has 0 atom stereocenters. The van der Waals surface area contributed by atoms with Crippen LogP contribution >= 0.6 is 0 Å². The number of carbonyl (C=O) groups is 1. The Morgan fingerprint density at radius 1 is 1.56 bits per heavy atom. The van der Waals surface area contributed by atoms with E-state index in [1.807, 2.05) is 0 Å². The molecule has 1 aromatic carbocycles. The van der Waals surface area contributed by atoms with Crippen LogP contribution in [-0.4, -0.2) is 19.7 Å². The van der Waals surface area contributed by atoms with Crippen LogP contribution < -0.4 is 4.74 Å². The number of carbonyl (C=O) groups excluding carboxylic acids is 1. The van der Waals surface area contributed by atoms with Crippen LogP contribution in [0.3, 0.4) is 0 Å². The number of methoxy groups -OCH3 is 1. The minimum Gasteiger partial charge on any atom is -0.496 e. The van der Waals surface area contributed by atoms with Crippen molar-refractivity contribution in [3.05, 3.63) is 40.3 Å². The molecule has 0 bridgehead atoms. The number of hydrogen-bond acceptors (Lipinski definition) is 4. The number of nitrogens with zero attached hydrogens (tertiary/aromatic N) is 3. The lowest BCUT2D eigenvalue weighted by Crippen LogP contribution is -1.98. The topological polar surface area (TPSA) is 84.3 Å². The van der Waals surface area contributed by atoms with Crippen LogP contribution in [0.15, 0.2) is 29.4 Å². The SMILES string of the molecule is CCOC(=O)/C=C/c1ccc(N=[N+]=[N-])c(OC)c1. The van der Waals surface area contributed by atoms with E-state index in [-0.39, 0.29) is 0 Å². The highest BCUT2D eigenvalue weighted by Crippen LogP contribution is 2.28. The summed E-state index contributed by atoms with van der Waals surface area (Å²) in [6.45, 7) is 2.08. The molecule has 6 nitrogen and oxygen atoms in total. The zero-order valence-corrected chi connectivity index (χ0v) is 10.2. The van der Waals surface area contributed by atoms with Gasteiger partial charge >= 0.3 is 5.97 Å². The fraction of sp³-hybridized carbons (Fsp3) is 0.250. The predicted octanol–water partition coefficient (Wildman–Crippen LogP) is 3.21. The largest absolute Gasteiger partial charge is 0.496 e. The zero-order valence-electron chi connectivity index (χ0n) is 10.2. The second kappa shape index (κ2) is 6.98. The minimum absolute atomic E-state index is 0.336. The molecule has 0 aliphatic carbocycles. The van der Waals surface area contributed by atoms with Crippen molar-refractivity contribution in [2.75, 3.05) is 13.7 Å². The average Bonchev–Trinajstić information content (AvgIpc) is 2.38. The van der Waals surface area contributed by atoms with Crippen molar-refractivity contribution < 1.29 is 14.3 Å². The lowest BCUT2D eigenvalue weighted by molar-refractivity contribution is -0.137. The lowest BCUT2D eigenvalue weighted by Gasteiger charge is -2.04. The summed E-state index contributed by atoms with van der Waals surface area (Å²) in [5, 5.41) is 3.48. The van der Waals surface area contributed by atoms with Crippen LogP contribution in [0.1, 0.15) is 12.5 Å². The van der Waals surface area contributed by atoms with Crippen molar-refractivity contribution in [1.29, 1.82) is 0 Å². The maximum absolute atomic E-state index is 11.1. The van der Waals surface area contributed by atoms with Crippen molar-refractivity contribution in [2.45, 2.75) is 6.92 Å². The Bertz CT molecular complexity index is 505. The highest BCUT2D eigenvalue weighted by molar-refractivity contribution is 5.87. The minimum atomic E-state index is -0.407. The van der Waals surface area contributed by atoms with E-state index in [2.05, 4.69) is 10.0 Å². The molecule has 94 valence electrons. The number of ether oxygens (including phenoxy) is 2. The van der Waals surface area contributed by atoms with Crippen LogP contribution in [0.5, 0.6) is 5.75 Å². The van der Waals surface area contributed by atoms with E-state index >= 15 is 0 Å². The molecule has 0 aliphatic heterocycles. The van der Waals surface area contributed by atoms with E-state index in [0.717, 1.165) is 5.56 Å². The molecule has 1 rings (SSSR count). The molecule has 0 amide bonds. The molecule has 6 heteroatoms. The van der Waals surface area contributed by atoms with E-state index < -0.39 is 5.97 Å². The summed E-state index contributed by atoms with van der Waals surface area (Å²) in [5.41, 5.74) is 9.52. The van der Waals surface area contributed by atoms with Crippen molar-refractivity contribution in [3.8, 4) is 5.75 Å². The Morgan fingerprint density at radius 3 is 2.94 bits per heavy atom. The van der Waals surface area contributed by atoms with Crippen LogP contribution in [0.25, 0.3) is 16.5 Å². The fourth-order valence-electron chi connectivity index (χ4n) is 1.28. The third-order valence-electron chi connectivity index (χ3n) is 2.05. The molecular formula is C12H13N3O3. The first-order chi connectivity index (χ1) is 8.71. The quantitative estimate of drug-likeness (QED) is 0.263. The van der Waals surface area contributed by atoms with Gasteiger partial charge in [0.25, 0.3) is 0 Å². The predicted molar refractivity (Wildman–Crippen MR) is 67.5 cm³/mol. The van der Waals surface area contributed by atoms with Gasteiger partial charge in [-0.1, -0.05) is 11.2 Å². The summed E-state index contributed by atoms with van der Waals surface area (Å²) in [6, 6.07) is 4.99. The first-order valence-electron chi connectivity index (χ1n) is 5.29. The first kappa shape index (κ1) is 13.6. The summed E-state index contributed by atoms with van der Waals surface area (Å²) in [6.07, 6.45) is 2.92. The van der Waals surface area contributed by atoms with Crippen LogP contribution in [0.4, 0.5) is 5.69 Å². The lowest BCUT2D eigenvalue weighted by atomic mass is 10.2. The molecule has 0 N–H and O–H groups in total. The van der Waals surface area contributed by atoms with Crippen molar-refractivity contribution in [1.82, 2.24) is 0 Å². The summed E-state index contributed by atoms with van der Waals surface area (Å²) < 4.78 is 9.84. The van der Waals surface area contributed by atoms with Gasteiger partial charge in [-0.2, -0.15) is 0 Å². The summed E-state index contributed by atoms with van der Waals surface area (Å²) in [4.78, 5) is 13.8. The van der Waals surface area contributed by atoms with Crippen molar-refractivity contribution in [3.63, 3.8) is 0 Å². The Balaban J connectivity index is 2.92. The summed E-state index contributed by atoms with van der Waals surface area (Å²) >= 11 is 0. The molecule has 0 heterocycles. The molecule has 0 aliphatic rings. The van der Waals surface area contributed by atoms with Gasteiger partial charge in [-0.3, -0.25) is 0 Å². The van der Waals surface area contributed by atoms with Crippen molar-refractivity contribution in [2.24, 2.45) is 5.11 Å². The third kappa shape index (κ3) is 3.84. The van der Waals surface area contributed by atoms with E-state index in [4.69, 9.17) is 15.0 Å². The highest BCUT2D eigenvalue weighted by Gasteiger charge is 2.01. The standard InChI is InChI=1S/C12H13N3O3/c1-3-18-12(16)7-5-9-4-6-10(14-15-13)11(8-9)17-2/h4-8H,3H2,1-2H3/b7-5+. The highest BCUT2D eigenvalue weighted by atomic mass is 16.5. The number of esters is 1. The molecular weight excluding hydrogens is 234 g/mol. The molecule has 0 aromatic heterocycles. The van der Waals surface area contributed by atoms with Gasteiger partial charge in [-0.25, -0.2) is 4.79 Å². The second-order valence-corrected chi connectivity index (χ2v) is 3.21. The van der Waals surface area contributed by atoms with Gasteiger partial charge in [0.1, 0.15) is 5.75 Å². The molecule has 0 unspecified atom stereocenters. The Morgan fingerprint density at radius 2 is 2.33 bits per heavy atom. The van der Waals surface area contributed by atoms with Gasteiger partial charge in [-0.05, 0) is 36.2 Å². The molecule has 0 radical (unpaired) electrons.